The molecular weight excluding hydrogens is 242 g/mol. The van der Waals surface area contributed by atoms with Crippen molar-refractivity contribution in [1.82, 2.24) is 9.78 Å². The van der Waals surface area contributed by atoms with Crippen molar-refractivity contribution >= 4 is 11.7 Å². The summed E-state index contributed by atoms with van der Waals surface area (Å²) in [7, 11) is 1.78. The molecule has 0 atom stereocenters. The van der Waals surface area contributed by atoms with Crippen LogP contribution >= 0.6 is 0 Å². The van der Waals surface area contributed by atoms with E-state index < -0.39 is 5.97 Å². The molecule has 0 bridgehead atoms. The van der Waals surface area contributed by atoms with Gasteiger partial charge in [-0.05, 0) is 24.1 Å². The summed E-state index contributed by atoms with van der Waals surface area (Å²) in [5, 5.41) is 13.0. The number of carbonyl (C=O) groups is 1. The number of anilines is 1. The first kappa shape index (κ1) is 11.8. The van der Waals surface area contributed by atoms with Gasteiger partial charge in [0.05, 0.1) is 12.2 Å². The molecule has 0 aliphatic carbocycles. The number of rotatable bonds is 3. The van der Waals surface area contributed by atoms with Crippen molar-refractivity contribution in [2.24, 2.45) is 7.05 Å². The predicted octanol–water partition coefficient (Wildman–Crippen LogP) is 1.68. The van der Waals surface area contributed by atoms with E-state index >= 15 is 0 Å². The van der Waals surface area contributed by atoms with Crippen LogP contribution in [0.5, 0.6) is 0 Å². The van der Waals surface area contributed by atoms with Crippen molar-refractivity contribution in [1.29, 1.82) is 0 Å². The van der Waals surface area contributed by atoms with E-state index in [-0.39, 0.29) is 5.69 Å². The van der Waals surface area contributed by atoms with Gasteiger partial charge in [0.2, 0.25) is 0 Å². The number of carboxylic acid groups (broad SMARTS) is 1. The lowest BCUT2D eigenvalue weighted by atomic mass is 10.2. The fourth-order valence-electron chi connectivity index (χ4n) is 2.52. The van der Waals surface area contributed by atoms with E-state index in [0.29, 0.717) is 6.54 Å². The Labute approximate surface area is 111 Å². The topological polar surface area (TPSA) is 58.4 Å². The molecule has 0 spiro atoms. The molecule has 1 N–H and O–H groups in total. The van der Waals surface area contributed by atoms with Crippen LogP contribution in [-0.2, 0) is 20.0 Å². The van der Waals surface area contributed by atoms with Crippen LogP contribution in [0.15, 0.2) is 30.3 Å². The summed E-state index contributed by atoms with van der Waals surface area (Å²) in [4.78, 5) is 13.2. The Morgan fingerprint density at radius 2 is 2.21 bits per heavy atom. The highest BCUT2D eigenvalue weighted by Crippen LogP contribution is 2.28. The Hall–Kier alpha value is -2.30. The van der Waals surface area contributed by atoms with E-state index in [1.54, 1.807) is 17.8 Å². The molecule has 0 saturated heterocycles. The van der Waals surface area contributed by atoms with Gasteiger partial charge in [-0.2, -0.15) is 5.10 Å². The summed E-state index contributed by atoms with van der Waals surface area (Å²) in [5.41, 5.74) is 3.60. The van der Waals surface area contributed by atoms with Gasteiger partial charge in [-0.3, -0.25) is 4.68 Å². The van der Waals surface area contributed by atoms with Crippen LogP contribution in [0.4, 0.5) is 5.69 Å². The lowest BCUT2D eigenvalue weighted by Gasteiger charge is -2.19. The van der Waals surface area contributed by atoms with Crippen LogP contribution in [0.3, 0.4) is 0 Å². The minimum Gasteiger partial charge on any atom is -0.476 e. The molecule has 5 heteroatoms. The van der Waals surface area contributed by atoms with Gasteiger partial charge in [0.1, 0.15) is 0 Å². The molecule has 0 saturated carbocycles. The highest BCUT2D eigenvalue weighted by Gasteiger charge is 2.20. The molecule has 2 aromatic rings. The number of para-hydroxylation sites is 1. The molecule has 19 heavy (non-hydrogen) atoms. The average Bonchev–Trinajstić information content (AvgIpc) is 2.96. The second-order valence-corrected chi connectivity index (χ2v) is 4.75. The number of aromatic carboxylic acids is 1. The van der Waals surface area contributed by atoms with E-state index in [1.165, 1.54) is 11.3 Å². The summed E-state index contributed by atoms with van der Waals surface area (Å²) in [6, 6.07) is 9.97. The standard InChI is InChI=1S/C14H15N3O2/c1-16-11(8-12(15-16)14(18)19)9-17-7-6-10-4-2-3-5-13(10)17/h2-5,8H,6-7,9H2,1H3,(H,18,19). The highest BCUT2D eigenvalue weighted by molar-refractivity contribution is 5.85. The number of fused-ring (bicyclic) bond motifs is 1. The zero-order valence-electron chi connectivity index (χ0n) is 10.7. The second-order valence-electron chi connectivity index (χ2n) is 4.75. The van der Waals surface area contributed by atoms with Crippen LogP contribution in [0, 0.1) is 0 Å². The fraction of sp³-hybridized carbons (Fsp3) is 0.286. The molecule has 1 aromatic carbocycles. The van der Waals surface area contributed by atoms with Gasteiger partial charge in [0, 0.05) is 19.3 Å². The number of aromatic nitrogens is 2. The molecule has 1 aliphatic rings. The number of benzene rings is 1. The molecule has 0 unspecified atom stereocenters. The molecule has 0 amide bonds. The summed E-state index contributed by atoms with van der Waals surface area (Å²) < 4.78 is 1.64. The second kappa shape index (κ2) is 4.42. The Bertz CT molecular complexity index is 633. The summed E-state index contributed by atoms with van der Waals surface area (Å²) >= 11 is 0. The normalized spacial score (nSPS) is 13.6. The summed E-state index contributed by atoms with van der Waals surface area (Å²) in [5.74, 6) is -0.983. The van der Waals surface area contributed by atoms with Gasteiger partial charge in [-0.25, -0.2) is 4.79 Å². The smallest absolute Gasteiger partial charge is 0.356 e. The number of nitrogens with zero attached hydrogens (tertiary/aromatic N) is 3. The van der Waals surface area contributed by atoms with Crippen molar-refractivity contribution < 1.29 is 9.90 Å². The van der Waals surface area contributed by atoms with Crippen molar-refractivity contribution in [2.75, 3.05) is 11.4 Å². The zero-order valence-corrected chi connectivity index (χ0v) is 10.7. The van der Waals surface area contributed by atoms with Gasteiger partial charge in [-0.1, -0.05) is 18.2 Å². The number of hydrogen-bond acceptors (Lipinski definition) is 3. The third-order valence-corrected chi connectivity index (χ3v) is 3.53. The van der Waals surface area contributed by atoms with Crippen molar-refractivity contribution in [3.8, 4) is 0 Å². The molecule has 1 aliphatic heterocycles. The zero-order chi connectivity index (χ0) is 13.4. The fourth-order valence-corrected chi connectivity index (χ4v) is 2.52. The first-order valence-electron chi connectivity index (χ1n) is 6.24. The number of aryl methyl sites for hydroxylation is 1. The van der Waals surface area contributed by atoms with Gasteiger partial charge in [0.15, 0.2) is 5.69 Å². The molecule has 5 nitrogen and oxygen atoms in total. The first-order chi connectivity index (χ1) is 9.15. The molecule has 98 valence electrons. The lowest BCUT2D eigenvalue weighted by Crippen LogP contribution is -2.21. The van der Waals surface area contributed by atoms with Gasteiger partial charge >= 0.3 is 5.97 Å². The van der Waals surface area contributed by atoms with Crippen molar-refractivity contribution in [2.45, 2.75) is 13.0 Å². The van der Waals surface area contributed by atoms with Crippen LogP contribution in [-0.4, -0.2) is 27.4 Å². The summed E-state index contributed by atoms with van der Waals surface area (Å²) in [6.07, 6.45) is 1.04. The first-order valence-corrected chi connectivity index (χ1v) is 6.24. The molecular formula is C14H15N3O2. The van der Waals surface area contributed by atoms with Crippen molar-refractivity contribution in [3.63, 3.8) is 0 Å². The Kier molecular flexibility index (Phi) is 2.74. The third kappa shape index (κ3) is 2.07. The Balaban J connectivity index is 1.85. The van der Waals surface area contributed by atoms with Gasteiger partial charge in [0.25, 0.3) is 0 Å². The van der Waals surface area contributed by atoms with E-state index in [1.807, 2.05) is 6.07 Å². The average molecular weight is 257 g/mol. The molecule has 0 radical (unpaired) electrons. The maximum absolute atomic E-state index is 10.9. The van der Waals surface area contributed by atoms with Crippen molar-refractivity contribution in [3.05, 3.63) is 47.3 Å². The quantitative estimate of drug-likeness (QED) is 0.909. The Morgan fingerprint density at radius 1 is 1.42 bits per heavy atom. The van der Waals surface area contributed by atoms with Gasteiger partial charge < -0.3 is 10.0 Å². The molecule has 0 fully saturated rings. The van der Waals surface area contributed by atoms with Gasteiger partial charge in [-0.15, -0.1) is 0 Å². The maximum Gasteiger partial charge on any atom is 0.356 e. The highest BCUT2D eigenvalue weighted by atomic mass is 16.4. The molecule has 1 aromatic heterocycles. The predicted molar refractivity (Wildman–Crippen MR) is 71.4 cm³/mol. The maximum atomic E-state index is 10.9. The van der Waals surface area contributed by atoms with E-state index in [4.69, 9.17) is 5.11 Å². The largest absolute Gasteiger partial charge is 0.476 e. The lowest BCUT2D eigenvalue weighted by molar-refractivity contribution is 0.0689. The van der Waals surface area contributed by atoms with E-state index in [9.17, 15) is 4.79 Å². The monoisotopic (exact) mass is 257 g/mol. The van der Waals surface area contributed by atoms with Crippen LogP contribution in [0.1, 0.15) is 21.7 Å². The van der Waals surface area contributed by atoms with E-state index in [2.05, 4.69) is 28.2 Å². The molecule has 2 heterocycles. The molecule has 3 rings (SSSR count). The van der Waals surface area contributed by atoms with Crippen LogP contribution in [0.2, 0.25) is 0 Å². The Morgan fingerprint density at radius 3 is 2.95 bits per heavy atom. The minimum atomic E-state index is -0.983. The third-order valence-electron chi connectivity index (χ3n) is 3.53. The van der Waals surface area contributed by atoms with E-state index in [0.717, 1.165) is 18.7 Å². The SMILES string of the molecule is Cn1nc(C(=O)O)cc1CN1CCc2ccccc21. The minimum absolute atomic E-state index is 0.102. The number of hydrogen-bond donors (Lipinski definition) is 1. The number of carboxylic acids is 1. The van der Waals surface area contributed by atoms with Crippen LogP contribution < -0.4 is 4.90 Å². The summed E-state index contributed by atoms with van der Waals surface area (Å²) in [6.45, 7) is 1.65. The van der Waals surface area contributed by atoms with Crippen LogP contribution in [0.25, 0.3) is 0 Å².